The van der Waals surface area contributed by atoms with E-state index in [4.69, 9.17) is 4.74 Å². The second kappa shape index (κ2) is 7.35. The van der Waals surface area contributed by atoms with Gasteiger partial charge in [-0.05, 0) is 57.7 Å². The fourth-order valence-corrected chi connectivity index (χ4v) is 3.19. The average molecular weight is 318 g/mol. The lowest BCUT2D eigenvalue weighted by Gasteiger charge is -2.26. The molecule has 2 unspecified atom stereocenters. The number of likely N-dealkylation sites (tertiary alicyclic amines) is 1. The van der Waals surface area contributed by atoms with Crippen LogP contribution in [0.4, 0.5) is 4.79 Å². The Kier molecular flexibility index (Phi) is 5.69. The van der Waals surface area contributed by atoms with Crippen LogP contribution in [-0.2, 0) is 11.2 Å². The second-order valence-corrected chi connectivity index (χ2v) is 7.34. The first-order valence-electron chi connectivity index (χ1n) is 8.58. The number of benzene rings is 1. The van der Waals surface area contributed by atoms with Gasteiger partial charge in [0, 0.05) is 19.1 Å². The van der Waals surface area contributed by atoms with Crippen molar-refractivity contribution in [1.29, 1.82) is 0 Å². The van der Waals surface area contributed by atoms with Crippen molar-refractivity contribution in [1.82, 2.24) is 10.2 Å². The van der Waals surface area contributed by atoms with Crippen LogP contribution in [0.1, 0.15) is 51.3 Å². The summed E-state index contributed by atoms with van der Waals surface area (Å²) in [6.07, 6.45) is 1.86. The number of amides is 1. The Hall–Kier alpha value is -1.55. The summed E-state index contributed by atoms with van der Waals surface area (Å²) in [6, 6.07) is 9.07. The molecule has 1 heterocycles. The highest BCUT2D eigenvalue weighted by atomic mass is 16.6. The molecule has 1 aliphatic heterocycles. The predicted octanol–water partition coefficient (Wildman–Crippen LogP) is 3.77. The van der Waals surface area contributed by atoms with Gasteiger partial charge in [0.25, 0.3) is 0 Å². The smallest absolute Gasteiger partial charge is 0.410 e. The van der Waals surface area contributed by atoms with Gasteiger partial charge < -0.3 is 15.0 Å². The van der Waals surface area contributed by atoms with E-state index in [1.54, 1.807) is 0 Å². The summed E-state index contributed by atoms with van der Waals surface area (Å²) in [5, 5.41) is 3.43. The van der Waals surface area contributed by atoms with E-state index in [9.17, 15) is 4.79 Å². The quantitative estimate of drug-likeness (QED) is 0.919. The maximum Gasteiger partial charge on any atom is 0.410 e. The number of ether oxygens (including phenoxy) is 1. The van der Waals surface area contributed by atoms with E-state index in [0.717, 1.165) is 25.9 Å². The number of nitrogens with one attached hydrogen (secondary N) is 1. The first-order chi connectivity index (χ1) is 10.8. The minimum atomic E-state index is -0.437. The molecule has 0 bridgehead atoms. The largest absolute Gasteiger partial charge is 0.444 e. The number of hydrogen-bond donors (Lipinski definition) is 1. The zero-order valence-electron chi connectivity index (χ0n) is 15.1. The van der Waals surface area contributed by atoms with Gasteiger partial charge in [-0.15, -0.1) is 0 Å². The molecule has 2 atom stereocenters. The maximum absolute atomic E-state index is 12.2. The highest BCUT2D eigenvalue weighted by Gasteiger charge is 2.34. The van der Waals surface area contributed by atoms with Crippen LogP contribution in [0.25, 0.3) is 0 Å². The topological polar surface area (TPSA) is 41.6 Å². The van der Waals surface area contributed by atoms with Crippen LogP contribution in [0.3, 0.4) is 0 Å². The molecule has 0 radical (unpaired) electrons. The van der Waals surface area contributed by atoms with E-state index in [2.05, 4.69) is 36.5 Å². The first kappa shape index (κ1) is 17.8. The number of hydrogen-bond acceptors (Lipinski definition) is 3. The second-order valence-electron chi connectivity index (χ2n) is 7.34. The standard InChI is InChI=1S/C19H30N2O2/c1-6-14-7-9-15(10-8-14)17(20-5)16-11-12-21(13-16)18(22)23-19(2,3)4/h7-10,16-17,20H,6,11-13H2,1-5H3. The molecule has 128 valence electrons. The van der Waals surface area contributed by atoms with Gasteiger partial charge in [0.05, 0.1) is 0 Å². The highest BCUT2D eigenvalue weighted by Crippen LogP contribution is 2.30. The minimum Gasteiger partial charge on any atom is -0.444 e. The van der Waals surface area contributed by atoms with Gasteiger partial charge in [-0.3, -0.25) is 0 Å². The molecule has 1 fully saturated rings. The molecule has 1 aromatic rings. The van der Waals surface area contributed by atoms with E-state index in [1.807, 2.05) is 32.7 Å². The van der Waals surface area contributed by atoms with Crippen LogP contribution >= 0.6 is 0 Å². The summed E-state index contributed by atoms with van der Waals surface area (Å²) in [5.41, 5.74) is 2.21. The fraction of sp³-hybridized carbons (Fsp3) is 0.632. The van der Waals surface area contributed by atoms with E-state index < -0.39 is 5.60 Å². The van der Waals surface area contributed by atoms with Crippen molar-refractivity contribution in [2.45, 2.75) is 52.2 Å². The van der Waals surface area contributed by atoms with Crippen LogP contribution < -0.4 is 5.32 Å². The molecule has 4 heteroatoms. The van der Waals surface area contributed by atoms with Gasteiger partial charge >= 0.3 is 6.09 Å². The summed E-state index contributed by atoms with van der Waals surface area (Å²) in [7, 11) is 1.99. The predicted molar refractivity (Wildman–Crippen MR) is 93.5 cm³/mol. The Morgan fingerprint density at radius 2 is 2.00 bits per heavy atom. The van der Waals surface area contributed by atoms with Crippen molar-refractivity contribution in [3.8, 4) is 0 Å². The number of aryl methyl sites for hydroxylation is 1. The molecular formula is C19H30N2O2. The molecule has 0 saturated carbocycles. The van der Waals surface area contributed by atoms with Crippen LogP contribution in [0.5, 0.6) is 0 Å². The molecule has 1 N–H and O–H groups in total. The van der Waals surface area contributed by atoms with Gasteiger partial charge in [0.1, 0.15) is 5.60 Å². The normalized spacial score (nSPS) is 19.7. The van der Waals surface area contributed by atoms with Gasteiger partial charge in [-0.25, -0.2) is 4.79 Å². The Balaban J connectivity index is 2.01. The fourth-order valence-electron chi connectivity index (χ4n) is 3.19. The van der Waals surface area contributed by atoms with Crippen molar-refractivity contribution >= 4 is 6.09 Å². The van der Waals surface area contributed by atoms with E-state index in [0.29, 0.717) is 5.92 Å². The molecule has 1 saturated heterocycles. The van der Waals surface area contributed by atoms with Crippen LogP contribution in [0, 0.1) is 5.92 Å². The van der Waals surface area contributed by atoms with E-state index in [1.165, 1.54) is 11.1 Å². The van der Waals surface area contributed by atoms with Gasteiger partial charge in [-0.2, -0.15) is 0 Å². The summed E-state index contributed by atoms with van der Waals surface area (Å²) in [4.78, 5) is 14.1. The third-order valence-corrected chi connectivity index (χ3v) is 4.41. The van der Waals surface area contributed by atoms with Crippen molar-refractivity contribution in [2.24, 2.45) is 5.92 Å². The van der Waals surface area contributed by atoms with Crippen molar-refractivity contribution in [2.75, 3.05) is 20.1 Å². The van der Waals surface area contributed by atoms with E-state index in [-0.39, 0.29) is 12.1 Å². The van der Waals surface area contributed by atoms with Crippen molar-refractivity contribution in [3.05, 3.63) is 35.4 Å². The third kappa shape index (κ3) is 4.71. The Morgan fingerprint density at radius 3 is 2.52 bits per heavy atom. The lowest BCUT2D eigenvalue weighted by molar-refractivity contribution is 0.0285. The zero-order valence-corrected chi connectivity index (χ0v) is 15.1. The number of rotatable bonds is 4. The van der Waals surface area contributed by atoms with Crippen LogP contribution in [0.15, 0.2) is 24.3 Å². The molecule has 4 nitrogen and oxygen atoms in total. The third-order valence-electron chi connectivity index (χ3n) is 4.41. The number of nitrogens with zero attached hydrogens (tertiary/aromatic N) is 1. The average Bonchev–Trinajstić information content (AvgIpc) is 2.97. The lowest BCUT2D eigenvalue weighted by Crippen LogP contribution is -2.36. The Morgan fingerprint density at radius 1 is 1.35 bits per heavy atom. The summed E-state index contributed by atoms with van der Waals surface area (Å²) in [5.74, 6) is 0.417. The SMILES string of the molecule is CCc1ccc(C(NC)C2CCN(C(=O)OC(C)(C)C)C2)cc1. The minimum absolute atomic E-state index is 0.198. The van der Waals surface area contributed by atoms with Gasteiger partial charge in [0.15, 0.2) is 0 Å². The number of carbonyl (C=O) groups excluding carboxylic acids is 1. The summed E-state index contributed by atoms with van der Waals surface area (Å²) < 4.78 is 5.49. The van der Waals surface area contributed by atoms with E-state index >= 15 is 0 Å². The zero-order chi connectivity index (χ0) is 17.0. The molecule has 23 heavy (non-hydrogen) atoms. The molecule has 1 aliphatic rings. The molecule has 0 spiro atoms. The van der Waals surface area contributed by atoms with Gasteiger partial charge in [0.2, 0.25) is 0 Å². The summed E-state index contributed by atoms with van der Waals surface area (Å²) in [6.45, 7) is 9.40. The van der Waals surface area contributed by atoms with Crippen LogP contribution in [-0.4, -0.2) is 36.7 Å². The molecular weight excluding hydrogens is 288 g/mol. The molecule has 0 aliphatic carbocycles. The lowest BCUT2D eigenvalue weighted by atomic mass is 9.91. The first-order valence-corrected chi connectivity index (χ1v) is 8.58. The van der Waals surface area contributed by atoms with Crippen LogP contribution in [0.2, 0.25) is 0 Å². The Bertz CT molecular complexity index is 519. The molecule has 1 aromatic carbocycles. The van der Waals surface area contributed by atoms with Crippen molar-refractivity contribution in [3.63, 3.8) is 0 Å². The molecule has 2 rings (SSSR count). The number of carbonyl (C=O) groups is 1. The van der Waals surface area contributed by atoms with Gasteiger partial charge in [-0.1, -0.05) is 31.2 Å². The summed E-state index contributed by atoms with van der Waals surface area (Å²) >= 11 is 0. The van der Waals surface area contributed by atoms with Crippen molar-refractivity contribution < 1.29 is 9.53 Å². The monoisotopic (exact) mass is 318 g/mol. The maximum atomic E-state index is 12.2. The Labute approximate surface area is 140 Å². The molecule has 1 amide bonds. The molecule has 0 aromatic heterocycles. The highest BCUT2D eigenvalue weighted by molar-refractivity contribution is 5.68.